The molecule has 0 bridgehead atoms. The summed E-state index contributed by atoms with van der Waals surface area (Å²) < 4.78 is 28.2. The van der Waals surface area contributed by atoms with Crippen LogP contribution in [0.4, 0.5) is 14.6 Å². The molecule has 1 aromatic carbocycles. The minimum absolute atomic E-state index is 0.163. The summed E-state index contributed by atoms with van der Waals surface area (Å²) in [5.74, 6) is 0.941. The third kappa shape index (κ3) is 3.33. The first-order valence-corrected chi connectivity index (χ1v) is 10.1. The molecular formula is C22H19F2N7O. The first-order valence-electron chi connectivity index (χ1n) is 10.1. The van der Waals surface area contributed by atoms with E-state index in [1.54, 1.807) is 29.4 Å². The number of carbonyl (C=O) groups excluding carboxylic acids is 1. The van der Waals surface area contributed by atoms with Crippen LogP contribution in [0.3, 0.4) is 0 Å². The molecule has 8 nitrogen and oxygen atoms in total. The Bertz CT molecular complexity index is 1310. The van der Waals surface area contributed by atoms with E-state index in [1.807, 2.05) is 36.6 Å². The van der Waals surface area contributed by atoms with Crippen LogP contribution in [-0.4, -0.2) is 35.4 Å². The van der Waals surface area contributed by atoms with Crippen molar-refractivity contribution in [3.8, 4) is 22.6 Å². The second-order valence-electron chi connectivity index (χ2n) is 7.79. The van der Waals surface area contributed by atoms with Crippen molar-refractivity contribution in [2.24, 2.45) is 0 Å². The van der Waals surface area contributed by atoms with Crippen molar-refractivity contribution in [1.82, 2.24) is 29.5 Å². The second-order valence-corrected chi connectivity index (χ2v) is 7.79. The Balaban J connectivity index is 1.46. The summed E-state index contributed by atoms with van der Waals surface area (Å²) in [5.41, 5.74) is 3.16. The lowest BCUT2D eigenvalue weighted by Gasteiger charge is -2.16. The van der Waals surface area contributed by atoms with E-state index >= 15 is 0 Å². The quantitative estimate of drug-likeness (QED) is 0.466. The molecule has 3 aromatic heterocycles. The molecule has 0 spiro atoms. The van der Waals surface area contributed by atoms with Gasteiger partial charge in [0.05, 0.1) is 12.7 Å². The zero-order chi connectivity index (χ0) is 22.4. The number of fused-ring (bicyclic) bond motifs is 1. The third-order valence-electron chi connectivity index (χ3n) is 5.42. The predicted molar refractivity (Wildman–Crippen MR) is 113 cm³/mol. The van der Waals surface area contributed by atoms with Gasteiger partial charge in [0.15, 0.2) is 5.82 Å². The van der Waals surface area contributed by atoms with Gasteiger partial charge in [0.25, 0.3) is 5.91 Å². The fourth-order valence-electron chi connectivity index (χ4n) is 3.76. The summed E-state index contributed by atoms with van der Waals surface area (Å²) in [4.78, 5) is 19.4. The Morgan fingerprint density at radius 2 is 1.94 bits per heavy atom. The van der Waals surface area contributed by atoms with Crippen LogP contribution in [0.2, 0.25) is 0 Å². The number of hydrogen-bond donors (Lipinski definition) is 0. The molecule has 32 heavy (non-hydrogen) atoms. The highest BCUT2D eigenvalue weighted by molar-refractivity contribution is 6.10. The van der Waals surface area contributed by atoms with Gasteiger partial charge in [-0.15, -0.1) is 10.2 Å². The minimum Gasteiger partial charge on any atom is -0.310 e. The van der Waals surface area contributed by atoms with Crippen molar-refractivity contribution >= 4 is 11.7 Å². The van der Waals surface area contributed by atoms with Gasteiger partial charge in [0.2, 0.25) is 0 Å². The summed E-state index contributed by atoms with van der Waals surface area (Å²) in [6.07, 6.45) is 4.28. The highest BCUT2D eigenvalue weighted by Gasteiger charge is 2.30. The maximum Gasteiger partial charge on any atom is 0.333 e. The van der Waals surface area contributed by atoms with Crippen LogP contribution >= 0.6 is 0 Å². The maximum atomic E-state index is 13.2. The van der Waals surface area contributed by atoms with Crippen LogP contribution in [0.1, 0.15) is 42.4 Å². The molecular weight excluding hydrogens is 416 g/mol. The van der Waals surface area contributed by atoms with Gasteiger partial charge < -0.3 is 4.57 Å². The van der Waals surface area contributed by atoms with Crippen molar-refractivity contribution < 1.29 is 13.6 Å². The molecule has 4 heterocycles. The average Bonchev–Trinajstić information content (AvgIpc) is 3.52. The summed E-state index contributed by atoms with van der Waals surface area (Å²) in [6.45, 7) is 1.72. The van der Waals surface area contributed by atoms with Crippen LogP contribution in [0.25, 0.3) is 22.6 Å². The number of carbonyl (C=O) groups is 1. The maximum absolute atomic E-state index is 13.2. The number of halogens is 2. The summed E-state index contributed by atoms with van der Waals surface area (Å²) >= 11 is 0. The normalized spacial score (nSPS) is 13.4. The van der Waals surface area contributed by atoms with Crippen molar-refractivity contribution in [2.75, 3.05) is 4.90 Å². The Kier molecular flexibility index (Phi) is 4.76. The molecule has 5 rings (SSSR count). The van der Waals surface area contributed by atoms with E-state index in [2.05, 4.69) is 20.3 Å². The molecule has 0 atom stereocenters. The zero-order valence-corrected chi connectivity index (χ0v) is 17.4. The Morgan fingerprint density at radius 1 is 1.09 bits per heavy atom. The fraction of sp³-hybridized carbons (Fsp3) is 0.227. The molecule has 1 amide bonds. The van der Waals surface area contributed by atoms with Crippen LogP contribution < -0.4 is 4.90 Å². The van der Waals surface area contributed by atoms with Crippen LogP contribution in [0, 0.1) is 0 Å². The van der Waals surface area contributed by atoms with E-state index in [0.717, 1.165) is 5.56 Å². The van der Waals surface area contributed by atoms with Crippen molar-refractivity contribution in [1.29, 1.82) is 0 Å². The molecule has 1 aliphatic heterocycles. The number of alkyl halides is 2. The van der Waals surface area contributed by atoms with E-state index in [1.165, 1.54) is 12.4 Å². The molecule has 162 valence electrons. The molecule has 0 saturated carbocycles. The van der Waals surface area contributed by atoms with Crippen molar-refractivity contribution in [3.63, 3.8) is 0 Å². The molecule has 10 heteroatoms. The van der Waals surface area contributed by atoms with Gasteiger partial charge in [0.1, 0.15) is 17.8 Å². The molecule has 0 aliphatic carbocycles. The summed E-state index contributed by atoms with van der Waals surface area (Å²) in [5, 5.41) is 11.8. The van der Waals surface area contributed by atoms with Gasteiger partial charge in [-0.1, -0.05) is 18.2 Å². The lowest BCUT2D eigenvalue weighted by molar-refractivity contribution is 0.0566. The first-order chi connectivity index (χ1) is 15.4. The number of nitrogens with zero attached hydrogens (tertiary/aromatic N) is 7. The van der Waals surface area contributed by atoms with Gasteiger partial charge in [0, 0.05) is 23.4 Å². The molecule has 4 aromatic rings. The fourth-order valence-corrected chi connectivity index (χ4v) is 3.76. The number of benzene rings is 1. The monoisotopic (exact) mass is 435 g/mol. The minimum atomic E-state index is -2.71. The zero-order valence-electron chi connectivity index (χ0n) is 17.4. The molecule has 1 aliphatic rings. The van der Waals surface area contributed by atoms with Crippen LogP contribution in [0.15, 0.2) is 55.1 Å². The average molecular weight is 435 g/mol. The van der Waals surface area contributed by atoms with E-state index in [0.29, 0.717) is 45.3 Å². The standard InChI is InChI=1S/C22H19F2N7O/c1-13(2)30-12-25-28-20(30)18-4-3-5-19(27-18)29-10-15-7-6-14(8-17(15)21(29)32)16-9-26-31(11-16)22(23)24/h3-9,11-13,22H,10H2,1-2H3. The lowest BCUT2D eigenvalue weighted by Crippen LogP contribution is -2.24. The van der Waals surface area contributed by atoms with E-state index < -0.39 is 6.55 Å². The molecule has 0 fully saturated rings. The van der Waals surface area contributed by atoms with Crippen LogP contribution in [-0.2, 0) is 6.54 Å². The van der Waals surface area contributed by atoms with E-state index in [4.69, 9.17) is 0 Å². The van der Waals surface area contributed by atoms with Gasteiger partial charge in [-0.25, -0.2) is 9.67 Å². The number of pyridine rings is 1. The number of anilines is 1. The first kappa shape index (κ1) is 20.0. The highest BCUT2D eigenvalue weighted by Crippen LogP contribution is 2.32. The van der Waals surface area contributed by atoms with Gasteiger partial charge in [-0.2, -0.15) is 13.9 Å². The van der Waals surface area contributed by atoms with E-state index in [-0.39, 0.29) is 11.9 Å². The number of amides is 1. The SMILES string of the molecule is CC(C)n1cnnc1-c1cccc(N2Cc3ccc(-c4cnn(C(F)F)c4)cc3C2=O)n1. The third-order valence-corrected chi connectivity index (χ3v) is 5.42. The molecule has 0 radical (unpaired) electrons. The van der Waals surface area contributed by atoms with Gasteiger partial charge >= 0.3 is 6.55 Å². The Morgan fingerprint density at radius 3 is 2.69 bits per heavy atom. The van der Waals surface area contributed by atoms with Gasteiger partial charge in [-0.05, 0) is 43.2 Å². The van der Waals surface area contributed by atoms with Crippen molar-refractivity contribution in [2.45, 2.75) is 33.0 Å². The topological polar surface area (TPSA) is 81.7 Å². The van der Waals surface area contributed by atoms with E-state index in [9.17, 15) is 13.6 Å². The highest BCUT2D eigenvalue weighted by atomic mass is 19.3. The summed E-state index contributed by atoms with van der Waals surface area (Å²) in [6, 6.07) is 11.0. The van der Waals surface area contributed by atoms with Gasteiger partial charge in [-0.3, -0.25) is 9.69 Å². The second kappa shape index (κ2) is 7.63. The predicted octanol–water partition coefficient (Wildman–Crippen LogP) is 4.34. The number of rotatable bonds is 5. The Hall–Kier alpha value is -3.95. The largest absolute Gasteiger partial charge is 0.333 e. The Labute approximate surface area is 182 Å². The molecule has 0 N–H and O–H groups in total. The number of aromatic nitrogens is 6. The molecule has 0 unspecified atom stereocenters. The lowest BCUT2D eigenvalue weighted by atomic mass is 10.0. The van der Waals surface area contributed by atoms with Crippen LogP contribution in [0.5, 0.6) is 0 Å². The smallest absolute Gasteiger partial charge is 0.310 e. The molecule has 0 saturated heterocycles. The summed E-state index contributed by atoms with van der Waals surface area (Å²) in [7, 11) is 0. The number of hydrogen-bond acceptors (Lipinski definition) is 5. The van der Waals surface area contributed by atoms with Crippen molar-refractivity contribution in [3.05, 3.63) is 66.2 Å².